The zero-order valence-corrected chi connectivity index (χ0v) is 18.4. The van der Waals surface area contributed by atoms with Crippen LogP contribution in [-0.4, -0.2) is 40.1 Å². The van der Waals surface area contributed by atoms with Crippen molar-refractivity contribution in [1.82, 2.24) is 19.9 Å². The van der Waals surface area contributed by atoms with Gasteiger partial charge >= 0.3 is 0 Å². The van der Waals surface area contributed by atoms with Crippen LogP contribution in [0.4, 0.5) is 5.69 Å². The fraction of sp³-hybridized carbons (Fsp3) is 0.130. The number of hydrogen-bond donors (Lipinski definition) is 2. The zero-order valence-electron chi connectivity index (χ0n) is 17.6. The minimum atomic E-state index is -0.402. The van der Waals surface area contributed by atoms with E-state index in [-0.39, 0.29) is 24.8 Å². The third-order valence-corrected chi connectivity index (χ3v) is 5.01. The monoisotopic (exact) mass is 465 g/mol. The number of fused-ring (bicyclic) bond motifs is 1. The van der Waals surface area contributed by atoms with E-state index < -0.39 is 5.91 Å². The molecule has 2 aromatic carbocycles. The van der Waals surface area contributed by atoms with Crippen LogP contribution in [0.5, 0.6) is 11.5 Å². The summed E-state index contributed by atoms with van der Waals surface area (Å²) in [6.07, 6.45) is 1.82. The summed E-state index contributed by atoms with van der Waals surface area (Å²) in [6.45, 7) is -0.111. The summed E-state index contributed by atoms with van der Waals surface area (Å²) in [5.74, 6) is 0.617. The van der Waals surface area contributed by atoms with E-state index in [1.54, 1.807) is 46.9 Å². The lowest BCUT2D eigenvalue weighted by atomic mass is 10.2. The highest BCUT2D eigenvalue weighted by atomic mass is 35.5. The van der Waals surface area contributed by atoms with Crippen LogP contribution in [0.3, 0.4) is 0 Å². The molecular weight excluding hydrogens is 446 g/mol. The van der Waals surface area contributed by atoms with Gasteiger partial charge in [-0.15, -0.1) is 10.2 Å². The predicted molar refractivity (Wildman–Crippen MR) is 123 cm³/mol. The molecule has 33 heavy (non-hydrogen) atoms. The van der Waals surface area contributed by atoms with Crippen molar-refractivity contribution >= 4 is 34.7 Å². The van der Waals surface area contributed by atoms with Crippen LogP contribution in [0.25, 0.3) is 5.65 Å². The average Bonchev–Trinajstić information content (AvgIpc) is 3.25. The Balaban J connectivity index is 1.37. The molecule has 0 unspecified atom stereocenters. The molecule has 0 aliphatic heterocycles. The van der Waals surface area contributed by atoms with Gasteiger partial charge in [0.2, 0.25) is 0 Å². The number of aromatic nitrogens is 3. The molecule has 0 spiro atoms. The Bertz CT molecular complexity index is 1310. The Morgan fingerprint density at radius 2 is 1.85 bits per heavy atom. The van der Waals surface area contributed by atoms with Crippen LogP contribution in [0, 0.1) is 0 Å². The number of halogens is 1. The second-order valence-electron chi connectivity index (χ2n) is 6.91. The van der Waals surface area contributed by atoms with Crippen LogP contribution in [0.1, 0.15) is 16.2 Å². The molecule has 0 atom stereocenters. The minimum Gasteiger partial charge on any atom is -0.495 e. The first-order valence-electron chi connectivity index (χ1n) is 9.97. The largest absolute Gasteiger partial charge is 0.495 e. The first kappa shape index (κ1) is 22.1. The lowest BCUT2D eigenvalue weighted by molar-refractivity contribution is -0.118. The number of pyridine rings is 1. The molecule has 0 bridgehead atoms. The number of benzene rings is 2. The molecule has 0 saturated carbocycles. The highest BCUT2D eigenvalue weighted by molar-refractivity contribution is 6.32. The summed E-state index contributed by atoms with van der Waals surface area (Å²) in [6, 6.07) is 17.1. The van der Waals surface area contributed by atoms with E-state index in [1.807, 2.05) is 24.4 Å². The van der Waals surface area contributed by atoms with Gasteiger partial charge in [-0.05, 0) is 42.5 Å². The van der Waals surface area contributed by atoms with Crippen LogP contribution >= 0.6 is 11.6 Å². The number of carbonyl (C=O) groups excluding carboxylic acids is 2. The first-order chi connectivity index (χ1) is 16.0. The Kier molecular flexibility index (Phi) is 6.70. The minimum absolute atomic E-state index is 0.178. The van der Waals surface area contributed by atoms with Gasteiger partial charge < -0.3 is 20.1 Å². The molecule has 2 amide bonds. The number of para-hydroxylation sites is 1. The van der Waals surface area contributed by atoms with Gasteiger partial charge in [0.25, 0.3) is 11.8 Å². The zero-order chi connectivity index (χ0) is 23.2. The number of amides is 2. The Morgan fingerprint density at radius 3 is 2.67 bits per heavy atom. The number of carbonyl (C=O) groups is 2. The summed E-state index contributed by atoms with van der Waals surface area (Å²) < 4.78 is 12.5. The Labute approximate surface area is 194 Å². The van der Waals surface area contributed by atoms with Crippen LogP contribution in [0.15, 0.2) is 66.9 Å². The summed E-state index contributed by atoms with van der Waals surface area (Å²) in [4.78, 5) is 25.1. The van der Waals surface area contributed by atoms with Crippen molar-refractivity contribution in [3.63, 3.8) is 0 Å². The molecule has 0 aliphatic carbocycles. The second kappa shape index (κ2) is 10.0. The third kappa shape index (κ3) is 5.21. The quantitative estimate of drug-likeness (QED) is 0.413. The van der Waals surface area contributed by atoms with E-state index in [1.165, 1.54) is 7.11 Å². The van der Waals surface area contributed by atoms with Crippen molar-refractivity contribution in [1.29, 1.82) is 0 Å². The van der Waals surface area contributed by atoms with Crippen LogP contribution < -0.4 is 20.1 Å². The van der Waals surface area contributed by atoms with E-state index in [2.05, 4.69) is 20.8 Å². The highest BCUT2D eigenvalue weighted by Crippen LogP contribution is 2.27. The van der Waals surface area contributed by atoms with E-state index in [0.29, 0.717) is 33.5 Å². The van der Waals surface area contributed by atoms with Crippen molar-refractivity contribution < 1.29 is 19.1 Å². The number of rotatable bonds is 8. The molecule has 4 rings (SSSR count). The number of nitrogens with one attached hydrogen (secondary N) is 2. The number of anilines is 1. The number of hydrogen-bond acceptors (Lipinski definition) is 6. The predicted octanol–water partition coefficient (Wildman–Crippen LogP) is 3.34. The molecule has 168 valence electrons. The van der Waals surface area contributed by atoms with E-state index in [4.69, 9.17) is 21.1 Å². The van der Waals surface area contributed by atoms with Gasteiger partial charge in [0.1, 0.15) is 11.5 Å². The SMILES string of the molecule is COc1ccc(NC(=O)COc2ccccc2C(=O)NCc2nnc3ccccn23)cc1Cl. The van der Waals surface area contributed by atoms with Gasteiger partial charge in [0, 0.05) is 11.9 Å². The first-order valence-corrected chi connectivity index (χ1v) is 10.3. The molecule has 0 fully saturated rings. The second-order valence-corrected chi connectivity index (χ2v) is 7.32. The molecule has 0 radical (unpaired) electrons. The summed E-state index contributed by atoms with van der Waals surface area (Å²) in [5.41, 5.74) is 1.49. The molecule has 2 N–H and O–H groups in total. The maximum Gasteiger partial charge on any atom is 0.262 e. The van der Waals surface area contributed by atoms with Crippen molar-refractivity contribution in [2.45, 2.75) is 6.54 Å². The fourth-order valence-electron chi connectivity index (χ4n) is 3.13. The summed E-state index contributed by atoms with van der Waals surface area (Å²) >= 11 is 6.08. The van der Waals surface area contributed by atoms with Gasteiger partial charge in [0.05, 0.1) is 24.2 Å². The fourth-order valence-corrected chi connectivity index (χ4v) is 3.39. The molecular formula is C23H20ClN5O4. The molecule has 2 aromatic heterocycles. The van der Waals surface area contributed by atoms with Crippen molar-refractivity contribution in [2.24, 2.45) is 0 Å². The number of methoxy groups -OCH3 is 1. The standard InChI is InChI=1S/C23H20ClN5O4/c1-32-19-10-9-15(12-17(19)24)26-22(30)14-33-18-7-3-2-6-16(18)23(31)25-13-21-28-27-20-8-4-5-11-29(20)21/h2-12H,13-14H2,1H3,(H,25,31)(H,26,30). The Morgan fingerprint density at radius 1 is 1.03 bits per heavy atom. The van der Waals surface area contributed by atoms with Crippen molar-refractivity contribution in [3.05, 3.63) is 83.3 Å². The third-order valence-electron chi connectivity index (χ3n) is 4.72. The van der Waals surface area contributed by atoms with Gasteiger partial charge in [-0.2, -0.15) is 0 Å². The van der Waals surface area contributed by atoms with Gasteiger partial charge in [-0.1, -0.05) is 29.8 Å². The number of ether oxygens (including phenoxy) is 2. The van der Waals surface area contributed by atoms with E-state index in [9.17, 15) is 9.59 Å². The Hall–Kier alpha value is -4.11. The molecule has 9 nitrogen and oxygen atoms in total. The number of nitrogens with zero attached hydrogens (tertiary/aromatic N) is 3. The lowest BCUT2D eigenvalue weighted by Gasteiger charge is -2.12. The van der Waals surface area contributed by atoms with Gasteiger partial charge in [0.15, 0.2) is 18.1 Å². The van der Waals surface area contributed by atoms with Gasteiger partial charge in [-0.3, -0.25) is 14.0 Å². The molecule has 10 heteroatoms. The van der Waals surface area contributed by atoms with E-state index >= 15 is 0 Å². The lowest BCUT2D eigenvalue weighted by Crippen LogP contribution is -2.25. The molecule has 0 saturated heterocycles. The molecule has 0 aliphatic rings. The average molecular weight is 466 g/mol. The van der Waals surface area contributed by atoms with Crippen molar-refractivity contribution in [3.8, 4) is 11.5 Å². The maximum atomic E-state index is 12.8. The molecule has 2 heterocycles. The van der Waals surface area contributed by atoms with Crippen molar-refractivity contribution in [2.75, 3.05) is 19.0 Å². The maximum absolute atomic E-state index is 12.8. The smallest absolute Gasteiger partial charge is 0.262 e. The van der Waals surface area contributed by atoms with Crippen LogP contribution in [-0.2, 0) is 11.3 Å². The van der Waals surface area contributed by atoms with Crippen LogP contribution in [0.2, 0.25) is 5.02 Å². The normalized spacial score (nSPS) is 10.6. The molecule has 4 aromatic rings. The highest BCUT2D eigenvalue weighted by Gasteiger charge is 2.15. The topological polar surface area (TPSA) is 107 Å². The van der Waals surface area contributed by atoms with E-state index in [0.717, 1.165) is 0 Å². The summed E-state index contributed by atoms with van der Waals surface area (Å²) in [5, 5.41) is 14.0. The van der Waals surface area contributed by atoms with Gasteiger partial charge in [-0.25, -0.2) is 0 Å². The summed E-state index contributed by atoms with van der Waals surface area (Å²) in [7, 11) is 1.51.